The second-order valence-electron chi connectivity index (χ2n) is 21.2. The molecule has 1 heterocycles. The number of hydrogen-bond donors (Lipinski definition) is 5. The normalized spacial score (nSPS) is 15.2. The minimum Gasteiger partial charge on any atom is -0.480 e. The molecule has 5 N–H and O–H groups in total. The number of carboxylic acids is 1. The largest absolute Gasteiger partial charge is 0.480 e. The second kappa shape index (κ2) is 23.3. The van der Waals surface area contributed by atoms with E-state index in [0.29, 0.717) is 49.5 Å². The Hall–Kier alpha value is -7.37. The van der Waals surface area contributed by atoms with E-state index in [0.717, 1.165) is 79.5 Å². The Morgan fingerprint density at radius 1 is 0.769 bits per heavy atom. The van der Waals surface area contributed by atoms with Gasteiger partial charge in [0.15, 0.2) is 0 Å². The number of nitrogens with one attached hydrogen (secondary N) is 2. The molecule has 14 nitrogen and oxygen atoms in total. The molecule has 0 spiro atoms. The van der Waals surface area contributed by atoms with Gasteiger partial charge in [-0.15, -0.1) is 0 Å². The topological polar surface area (TPSA) is 217 Å². The van der Waals surface area contributed by atoms with Gasteiger partial charge in [-0.25, -0.2) is 9.59 Å². The first-order valence-corrected chi connectivity index (χ1v) is 29.1. The van der Waals surface area contributed by atoms with Gasteiger partial charge >= 0.3 is 12.1 Å². The van der Waals surface area contributed by atoms with E-state index in [2.05, 4.69) is 55.9 Å². The summed E-state index contributed by atoms with van der Waals surface area (Å²) in [6.07, 6.45) is 12.7. The molecule has 0 bridgehead atoms. The van der Waals surface area contributed by atoms with E-state index in [4.69, 9.17) is 4.74 Å². The van der Waals surface area contributed by atoms with Gasteiger partial charge in [0, 0.05) is 47.6 Å². The molecular formula is C62H67N3O11S2. The molecule has 0 fully saturated rings. The van der Waals surface area contributed by atoms with Gasteiger partial charge in [0.2, 0.25) is 5.91 Å². The van der Waals surface area contributed by atoms with Crippen LogP contribution < -0.4 is 15.5 Å². The number of fused-ring (bicyclic) bond motifs is 7. The van der Waals surface area contributed by atoms with E-state index in [1.165, 1.54) is 24.3 Å². The summed E-state index contributed by atoms with van der Waals surface area (Å²) in [6, 6.07) is 31.6. The molecule has 16 heteroatoms. The van der Waals surface area contributed by atoms with Crippen LogP contribution in [0.2, 0.25) is 0 Å². The van der Waals surface area contributed by atoms with Crippen molar-refractivity contribution in [3.8, 4) is 11.1 Å². The summed E-state index contributed by atoms with van der Waals surface area (Å²) in [4.78, 5) is 39.7. The maximum absolute atomic E-state index is 12.9. The lowest BCUT2D eigenvalue weighted by Gasteiger charge is -2.30. The number of anilines is 1. The third-order valence-electron chi connectivity index (χ3n) is 15.3. The predicted molar refractivity (Wildman–Crippen MR) is 306 cm³/mol. The lowest BCUT2D eigenvalue weighted by molar-refractivity contribution is -0.139. The van der Waals surface area contributed by atoms with Crippen molar-refractivity contribution < 1.29 is 50.2 Å². The molecule has 0 saturated heterocycles. The van der Waals surface area contributed by atoms with Gasteiger partial charge < -0.3 is 25.4 Å². The summed E-state index contributed by atoms with van der Waals surface area (Å²) < 4.78 is 73.0. The van der Waals surface area contributed by atoms with Gasteiger partial charge in [-0.1, -0.05) is 144 Å². The molecule has 0 radical (unpaired) electrons. The van der Waals surface area contributed by atoms with Gasteiger partial charge in [-0.05, 0) is 141 Å². The molecule has 8 rings (SSSR count). The number of aryl methyl sites for hydroxylation is 1. The number of aliphatic carboxylic acids is 1. The summed E-state index contributed by atoms with van der Waals surface area (Å²) >= 11 is 0. The van der Waals surface area contributed by atoms with E-state index in [1.54, 1.807) is 12.1 Å². The fourth-order valence-electron chi connectivity index (χ4n) is 11.2. The predicted octanol–water partition coefficient (Wildman–Crippen LogP) is 12.3. The van der Waals surface area contributed by atoms with Crippen molar-refractivity contribution in [3.05, 3.63) is 185 Å². The van der Waals surface area contributed by atoms with Crippen LogP contribution >= 0.6 is 0 Å². The number of carbonyl (C=O) groups excluding carboxylic acids is 2. The smallest absolute Gasteiger partial charge is 0.407 e. The summed E-state index contributed by atoms with van der Waals surface area (Å²) in [5.41, 5.74) is 9.04. The summed E-state index contributed by atoms with van der Waals surface area (Å²) in [6.45, 7) is 15.9. The van der Waals surface area contributed by atoms with Crippen LogP contribution in [0.1, 0.15) is 106 Å². The van der Waals surface area contributed by atoms with Crippen LogP contribution in [0.15, 0.2) is 167 Å². The molecule has 0 unspecified atom stereocenters. The first kappa shape index (κ1) is 56.8. The van der Waals surface area contributed by atoms with Gasteiger partial charge in [0.25, 0.3) is 20.2 Å². The zero-order valence-electron chi connectivity index (χ0n) is 44.6. The molecule has 0 saturated carbocycles. The molecule has 1 aliphatic heterocycles. The van der Waals surface area contributed by atoms with Gasteiger partial charge in [0.1, 0.15) is 12.6 Å². The number of allylic oxidation sites excluding steroid dienone is 7. The molecular weight excluding hydrogens is 1030 g/mol. The zero-order chi connectivity index (χ0) is 56.2. The van der Waals surface area contributed by atoms with Crippen molar-refractivity contribution in [3.63, 3.8) is 0 Å². The number of nitrogens with zero attached hydrogens (tertiary/aromatic N) is 1. The fraction of sp³-hybridized carbons (Fsp3) is 0.306. The Balaban J connectivity index is 0.851. The van der Waals surface area contributed by atoms with E-state index < -0.39 is 49.2 Å². The van der Waals surface area contributed by atoms with Gasteiger partial charge in [-0.2, -0.15) is 16.8 Å². The maximum Gasteiger partial charge on any atom is 0.407 e. The third kappa shape index (κ3) is 12.3. The third-order valence-corrected chi connectivity index (χ3v) is 17.0. The van der Waals surface area contributed by atoms with E-state index >= 15 is 0 Å². The highest BCUT2D eigenvalue weighted by Crippen LogP contribution is 2.51. The molecule has 78 heavy (non-hydrogen) atoms. The maximum atomic E-state index is 12.9. The van der Waals surface area contributed by atoms with Crippen LogP contribution in [0.3, 0.4) is 0 Å². The number of carbonyl (C=O) groups is 3. The summed E-state index contributed by atoms with van der Waals surface area (Å²) in [5.74, 6) is -1.41. The number of unbranched alkanes of at least 4 members (excludes halogenated alkanes) is 3. The van der Waals surface area contributed by atoms with Crippen LogP contribution in [0, 0.1) is 6.92 Å². The Kier molecular flexibility index (Phi) is 17.0. The molecule has 6 aromatic carbocycles. The number of rotatable bonds is 22. The fourth-order valence-corrected chi connectivity index (χ4v) is 12.2. The van der Waals surface area contributed by atoms with E-state index in [1.807, 2.05) is 104 Å². The van der Waals surface area contributed by atoms with Gasteiger partial charge in [0.05, 0.1) is 9.79 Å². The Morgan fingerprint density at radius 2 is 1.38 bits per heavy atom. The van der Waals surface area contributed by atoms with Crippen LogP contribution in [-0.4, -0.2) is 74.8 Å². The number of amides is 2. The van der Waals surface area contributed by atoms with Crippen molar-refractivity contribution in [2.75, 3.05) is 24.6 Å². The lowest BCUT2D eigenvalue weighted by atomic mass is 9.74. The number of benzene rings is 6. The highest BCUT2D eigenvalue weighted by Gasteiger charge is 2.41. The number of hydrogen-bond acceptors (Lipinski definition) is 9. The standard InChI is InChI=1S/C62H67N3O11S2/c1-40-27-28-42-37-44(77(70,71)72)30-32-46(42)57(40)61(3,4)41(2)19-9-7-10-25-55-62(5,6)58-47-33-31-45(78(73,74)75)38-43(47)29-34-54(58)65(55)36-18-8-11-26-56(66)63-35-17-16-24-53(59(67)68)64-60(69)76-39-52-50-22-14-12-20-48(50)49-21-13-15-23-51(49)52/h7,9-10,12-15,19-23,25,27-34,37-38,52-53H,2,8,11,16-18,24,26,35-36,39H2,1,3-6H3,(H,63,66)(H,64,69)(H,67,68)(H,70,71,72)(H,73,74,75)/b10-7+,19-9+,55-25+/t53-/m1/s1. The van der Waals surface area contributed by atoms with Crippen LogP contribution in [0.4, 0.5) is 10.5 Å². The summed E-state index contributed by atoms with van der Waals surface area (Å²) in [5, 5.41) is 18.4. The first-order chi connectivity index (χ1) is 37.0. The van der Waals surface area contributed by atoms with Crippen molar-refractivity contribution in [1.82, 2.24) is 10.6 Å². The highest BCUT2D eigenvalue weighted by atomic mass is 32.2. The minimum absolute atomic E-state index is 0.0725. The number of carboxylic acid groups (broad SMARTS) is 1. The van der Waals surface area contributed by atoms with Crippen molar-refractivity contribution in [2.45, 2.75) is 112 Å². The quantitative estimate of drug-likeness (QED) is 0.0244. The zero-order valence-corrected chi connectivity index (χ0v) is 46.2. The minimum atomic E-state index is -4.42. The van der Waals surface area contributed by atoms with E-state index in [-0.39, 0.29) is 34.6 Å². The SMILES string of the molecule is C=C(/C=C/C=C/C=C1/N(CCCCCC(=O)NCCCC[C@@H](NC(=O)OCC2c3ccccc3-c3ccccc32)C(=O)O)c2ccc3cc(S(=O)(=O)O)ccc3c2C1(C)C)C(C)(C)c1c(C)ccc2cc(S(=O)(=O)O)ccc12. The summed E-state index contributed by atoms with van der Waals surface area (Å²) in [7, 11) is -8.79. The van der Waals surface area contributed by atoms with Crippen LogP contribution in [-0.2, 0) is 45.4 Å². The van der Waals surface area contributed by atoms with Crippen LogP contribution in [0.5, 0.6) is 0 Å². The molecule has 0 aromatic heterocycles. The average Bonchev–Trinajstić information content (AvgIpc) is 4.05. The Bertz CT molecular complexity index is 3610. The molecule has 1 atom stereocenters. The number of alkyl carbamates (subject to hydrolysis) is 1. The Morgan fingerprint density at radius 3 is 2.03 bits per heavy atom. The van der Waals surface area contributed by atoms with Gasteiger partial charge in [-0.3, -0.25) is 13.9 Å². The first-order valence-electron chi connectivity index (χ1n) is 26.2. The monoisotopic (exact) mass is 1090 g/mol. The number of ether oxygens (including phenoxy) is 1. The second-order valence-corrected chi connectivity index (χ2v) is 24.0. The Labute approximate surface area is 457 Å². The lowest BCUT2D eigenvalue weighted by Crippen LogP contribution is -2.41. The van der Waals surface area contributed by atoms with E-state index in [9.17, 15) is 45.4 Å². The van der Waals surface area contributed by atoms with Crippen molar-refractivity contribution >= 4 is 65.4 Å². The molecule has 408 valence electrons. The molecule has 2 aliphatic rings. The highest BCUT2D eigenvalue weighted by molar-refractivity contribution is 7.86. The molecule has 2 amide bonds. The molecule has 1 aliphatic carbocycles. The molecule has 6 aromatic rings. The van der Waals surface area contributed by atoms with Crippen molar-refractivity contribution in [2.24, 2.45) is 0 Å². The average molecular weight is 1090 g/mol. The van der Waals surface area contributed by atoms with Crippen LogP contribution in [0.25, 0.3) is 32.7 Å². The van der Waals surface area contributed by atoms with Crippen molar-refractivity contribution in [1.29, 1.82) is 0 Å².